The number of aryl methyl sites for hydroxylation is 2. The van der Waals surface area contributed by atoms with Gasteiger partial charge >= 0.3 is 0 Å². The Kier molecular flexibility index (Phi) is 11.5. The van der Waals surface area contributed by atoms with Crippen LogP contribution in [0.15, 0.2) is 41.5 Å². The number of guanidine groups is 1. The highest BCUT2D eigenvalue weighted by Gasteiger charge is 2.02. The maximum Gasteiger partial charge on any atom is 0.213 e. The number of benzene rings is 1. The lowest BCUT2D eigenvalue weighted by Crippen LogP contribution is -2.36. The molecule has 0 aliphatic rings. The summed E-state index contributed by atoms with van der Waals surface area (Å²) in [6, 6.07) is 10.3. The minimum Gasteiger partial charge on any atom is -0.475 e. The normalized spacial score (nSPS) is 10.9. The van der Waals surface area contributed by atoms with Gasteiger partial charge in [0.2, 0.25) is 5.88 Å². The Labute approximate surface area is 185 Å². The van der Waals surface area contributed by atoms with Crippen LogP contribution in [-0.2, 0) is 17.8 Å². The molecule has 1 heterocycles. The van der Waals surface area contributed by atoms with E-state index in [4.69, 9.17) is 9.47 Å². The highest BCUT2D eigenvalue weighted by molar-refractivity contribution is 14.0. The van der Waals surface area contributed by atoms with E-state index in [9.17, 15) is 0 Å². The molecule has 7 heteroatoms. The van der Waals surface area contributed by atoms with Gasteiger partial charge in [-0.3, -0.25) is 0 Å². The molecular weight excluding hydrogens is 467 g/mol. The predicted molar refractivity (Wildman–Crippen MR) is 125 cm³/mol. The number of hydrogen-bond acceptors (Lipinski definition) is 4. The fourth-order valence-electron chi connectivity index (χ4n) is 2.55. The lowest BCUT2D eigenvalue weighted by atomic mass is 10.1. The second-order valence-corrected chi connectivity index (χ2v) is 6.32. The number of nitrogens with one attached hydrogen (secondary N) is 2. The molecule has 0 saturated heterocycles. The van der Waals surface area contributed by atoms with E-state index in [1.165, 1.54) is 16.7 Å². The average Bonchev–Trinajstić information content (AvgIpc) is 2.66. The lowest BCUT2D eigenvalue weighted by molar-refractivity contribution is 0.143. The maximum atomic E-state index is 5.48. The number of ether oxygens (including phenoxy) is 2. The molecule has 154 valence electrons. The standard InChI is InChI=1S/C21H30N4O2.HI/c1-5-22-21(25-15-19-8-6-16(2)12-17(19)3)24-14-18-7-9-20(23-13-18)27-11-10-26-4;/h6-9,12-13H,5,10-11,14-15H2,1-4H3,(H2,22,24,25);1H. The van der Waals surface area contributed by atoms with E-state index in [0.29, 0.717) is 25.6 Å². The monoisotopic (exact) mass is 498 g/mol. The third-order valence-corrected chi connectivity index (χ3v) is 4.04. The first-order valence-electron chi connectivity index (χ1n) is 9.27. The predicted octanol–water partition coefficient (Wildman–Crippen LogP) is 3.60. The van der Waals surface area contributed by atoms with E-state index in [0.717, 1.165) is 24.6 Å². The summed E-state index contributed by atoms with van der Waals surface area (Å²) >= 11 is 0. The van der Waals surface area contributed by atoms with Crippen LogP contribution < -0.4 is 15.4 Å². The molecule has 2 rings (SSSR count). The number of rotatable bonds is 9. The van der Waals surface area contributed by atoms with Gasteiger partial charge in [0, 0.05) is 32.5 Å². The van der Waals surface area contributed by atoms with Gasteiger partial charge < -0.3 is 20.1 Å². The zero-order chi connectivity index (χ0) is 19.5. The molecule has 0 aliphatic heterocycles. The molecule has 0 radical (unpaired) electrons. The number of pyridine rings is 1. The molecule has 6 nitrogen and oxygen atoms in total. The van der Waals surface area contributed by atoms with Gasteiger partial charge in [0.05, 0.1) is 13.2 Å². The van der Waals surface area contributed by atoms with E-state index in [1.807, 2.05) is 12.1 Å². The van der Waals surface area contributed by atoms with Crippen molar-refractivity contribution in [3.8, 4) is 5.88 Å². The fraction of sp³-hybridized carbons (Fsp3) is 0.429. The molecule has 0 atom stereocenters. The molecule has 0 spiro atoms. The Morgan fingerprint density at radius 1 is 1.11 bits per heavy atom. The number of methoxy groups -OCH3 is 1. The summed E-state index contributed by atoms with van der Waals surface area (Å²) in [6.07, 6.45) is 1.79. The van der Waals surface area contributed by atoms with Gasteiger partial charge in [-0.25, -0.2) is 9.98 Å². The van der Waals surface area contributed by atoms with Gasteiger partial charge in [-0.1, -0.05) is 29.8 Å². The van der Waals surface area contributed by atoms with Gasteiger partial charge in [0.25, 0.3) is 0 Å². The van der Waals surface area contributed by atoms with E-state index >= 15 is 0 Å². The Morgan fingerprint density at radius 2 is 1.93 bits per heavy atom. The molecule has 0 fully saturated rings. The fourth-order valence-corrected chi connectivity index (χ4v) is 2.55. The molecule has 0 saturated carbocycles. The molecule has 1 aromatic heterocycles. The van der Waals surface area contributed by atoms with Gasteiger partial charge in [-0.15, -0.1) is 24.0 Å². The first-order chi connectivity index (χ1) is 13.1. The Morgan fingerprint density at radius 3 is 2.57 bits per heavy atom. The summed E-state index contributed by atoms with van der Waals surface area (Å²) < 4.78 is 10.4. The van der Waals surface area contributed by atoms with Crippen molar-refractivity contribution in [2.24, 2.45) is 4.99 Å². The largest absolute Gasteiger partial charge is 0.475 e. The average molecular weight is 498 g/mol. The SMILES string of the molecule is CCNC(=NCc1ccc(OCCOC)nc1)NCc1ccc(C)cc1C.I. The second-order valence-electron chi connectivity index (χ2n) is 6.32. The molecule has 1 aromatic carbocycles. The van der Waals surface area contributed by atoms with Gasteiger partial charge in [0.1, 0.15) is 6.61 Å². The number of hydrogen-bond donors (Lipinski definition) is 2. The Hall–Kier alpha value is -1.87. The van der Waals surface area contributed by atoms with E-state index in [-0.39, 0.29) is 24.0 Å². The third-order valence-electron chi connectivity index (χ3n) is 4.04. The van der Waals surface area contributed by atoms with Crippen LogP contribution >= 0.6 is 24.0 Å². The van der Waals surface area contributed by atoms with Crippen molar-refractivity contribution >= 4 is 29.9 Å². The van der Waals surface area contributed by atoms with Crippen LogP contribution in [0.1, 0.15) is 29.2 Å². The minimum atomic E-state index is 0. The summed E-state index contributed by atoms with van der Waals surface area (Å²) in [5.41, 5.74) is 4.86. The van der Waals surface area contributed by atoms with E-state index < -0.39 is 0 Å². The molecule has 0 unspecified atom stereocenters. The highest BCUT2D eigenvalue weighted by atomic mass is 127. The highest BCUT2D eigenvalue weighted by Crippen LogP contribution is 2.10. The minimum absolute atomic E-state index is 0. The van der Waals surface area contributed by atoms with Crippen LogP contribution in [0.25, 0.3) is 0 Å². The first-order valence-corrected chi connectivity index (χ1v) is 9.27. The van der Waals surface area contributed by atoms with Crippen molar-refractivity contribution in [3.05, 3.63) is 58.8 Å². The topological polar surface area (TPSA) is 67.8 Å². The number of aliphatic imine (C=N–C) groups is 1. The van der Waals surface area contributed by atoms with Gasteiger partial charge in [-0.05, 0) is 37.5 Å². The third kappa shape index (κ3) is 8.43. The summed E-state index contributed by atoms with van der Waals surface area (Å²) in [5.74, 6) is 1.39. The molecule has 2 N–H and O–H groups in total. The van der Waals surface area contributed by atoms with Crippen molar-refractivity contribution in [2.45, 2.75) is 33.9 Å². The number of halogens is 1. The van der Waals surface area contributed by atoms with E-state index in [2.05, 4.69) is 59.6 Å². The molecule has 0 bridgehead atoms. The van der Waals surface area contributed by atoms with Crippen LogP contribution in [0.5, 0.6) is 5.88 Å². The first kappa shape index (κ1) is 24.2. The van der Waals surface area contributed by atoms with Crippen molar-refractivity contribution in [1.29, 1.82) is 0 Å². The molecule has 0 amide bonds. The van der Waals surface area contributed by atoms with Crippen molar-refractivity contribution in [2.75, 3.05) is 26.9 Å². The van der Waals surface area contributed by atoms with Gasteiger partial charge in [0.15, 0.2) is 5.96 Å². The van der Waals surface area contributed by atoms with Crippen molar-refractivity contribution in [1.82, 2.24) is 15.6 Å². The lowest BCUT2D eigenvalue weighted by Gasteiger charge is -2.13. The Bertz CT molecular complexity index is 736. The van der Waals surface area contributed by atoms with Crippen molar-refractivity contribution < 1.29 is 9.47 Å². The number of aromatic nitrogens is 1. The molecule has 2 aromatic rings. The van der Waals surface area contributed by atoms with Crippen LogP contribution in [0.2, 0.25) is 0 Å². The second kappa shape index (κ2) is 13.3. The quantitative estimate of drug-likeness (QED) is 0.240. The summed E-state index contributed by atoms with van der Waals surface area (Å²) in [7, 11) is 1.65. The molecule has 0 aliphatic carbocycles. The molecule has 28 heavy (non-hydrogen) atoms. The van der Waals surface area contributed by atoms with Crippen LogP contribution in [0, 0.1) is 13.8 Å². The van der Waals surface area contributed by atoms with Crippen LogP contribution in [0.4, 0.5) is 0 Å². The van der Waals surface area contributed by atoms with Crippen molar-refractivity contribution in [3.63, 3.8) is 0 Å². The van der Waals surface area contributed by atoms with Gasteiger partial charge in [-0.2, -0.15) is 0 Å². The summed E-state index contributed by atoms with van der Waals surface area (Å²) in [6.45, 7) is 9.44. The smallest absolute Gasteiger partial charge is 0.213 e. The van der Waals surface area contributed by atoms with Crippen LogP contribution in [0.3, 0.4) is 0 Å². The maximum absolute atomic E-state index is 5.48. The van der Waals surface area contributed by atoms with Crippen LogP contribution in [-0.4, -0.2) is 37.8 Å². The summed E-state index contributed by atoms with van der Waals surface area (Å²) in [4.78, 5) is 8.94. The zero-order valence-electron chi connectivity index (χ0n) is 17.1. The van der Waals surface area contributed by atoms with E-state index in [1.54, 1.807) is 13.3 Å². The molecular formula is C21H31IN4O2. The Balaban J connectivity index is 0.00000392. The number of nitrogens with zero attached hydrogens (tertiary/aromatic N) is 2. The summed E-state index contributed by atoms with van der Waals surface area (Å²) in [5, 5.41) is 6.67. The zero-order valence-corrected chi connectivity index (χ0v) is 19.4.